The summed E-state index contributed by atoms with van der Waals surface area (Å²) in [4.78, 5) is 15.2. The van der Waals surface area contributed by atoms with Gasteiger partial charge in [-0.3, -0.25) is 5.10 Å². The summed E-state index contributed by atoms with van der Waals surface area (Å²) in [6, 6.07) is 9.73. The Morgan fingerprint density at radius 3 is 2.96 bits per heavy atom. The van der Waals surface area contributed by atoms with Crippen molar-refractivity contribution in [1.82, 2.24) is 25.1 Å². The summed E-state index contributed by atoms with van der Waals surface area (Å²) in [6.45, 7) is 1.34. The lowest BCUT2D eigenvalue weighted by Crippen LogP contribution is -2.36. The number of fused-ring (bicyclic) bond motifs is 1. The minimum absolute atomic E-state index is 0.101. The van der Waals surface area contributed by atoms with Crippen LogP contribution in [0.5, 0.6) is 0 Å². The van der Waals surface area contributed by atoms with E-state index in [1.54, 1.807) is 24.5 Å². The second-order valence-electron chi connectivity index (χ2n) is 6.58. The van der Waals surface area contributed by atoms with E-state index in [1.165, 1.54) is 0 Å². The SMILES string of the molecule is N#Cc1ccc(-c2[nH]ncc2CNC2CCc3nc(C(=O)O)cn3C2)cc1. The van der Waals surface area contributed by atoms with Crippen molar-refractivity contribution in [2.75, 3.05) is 0 Å². The number of nitriles is 1. The molecule has 1 atom stereocenters. The maximum atomic E-state index is 11.1. The molecule has 0 spiro atoms. The van der Waals surface area contributed by atoms with Crippen molar-refractivity contribution >= 4 is 5.97 Å². The van der Waals surface area contributed by atoms with E-state index in [4.69, 9.17) is 10.4 Å². The highest BCUT2D eigenvalue weighted by Gasteiger charge is 2.22. The average Bonchev–Trinajstić information content (AvgIpc) is 3.33. The predicted molar refractivity (Wildman–Crippen MR) is 96.9 cm³/mol. The maximum Gasteiger partial charge on any atom is 0.356 e. The number of rotatable bonds is 5. The molecule has 3 heterocycles. The molecule has 0 radical (unpaired) electrons. The van der Waals surface area contributed by atoms with Crippen LogP contribution in [0.25, 0.3) is 11.3 Å². The van der Waals surface area contributed by atoms with Gasteiger partial charge in [0, 0.05) is 37.3 Å². The average molecular weight is 362 g/mol. The van der Waals surface area contributed by atoms with Crippen LogP contribution in [0.3, 0.4) is 0 Å². The van der Waals surface area contributed by atoms with Crippen molar-refractivity contribution in [3.8, 4) is 17.3 Å². The Hall–Kier alpha value is -3.44. The van der Waals surface area contributed by atoms with E-state index in [0.29, 0.717) is 18.7 Å². The van der Waals surface area contributed by atoms with Gasteiger partial charge in [0.25, 0.3) is 0 Å². The molecule has 0 fully saturated rings. The molecule has 8 heteroatoms. The number of imidazole rings is 1. The van der Waals surface area contributed by atoms with Gasteiger partial charge in [-0.05, 0) is 24.1 Å². The van der Waals surface area contributed by atoms with Gasteiger partial charge in [0.1, 0.15) is 5.82 Å². The van der Waals surface area contributed by atoms with E-state index >= 15 is 0 Å². The summed E-state index contributed by atoms with van der Waals surface area (Å²) in [5.74, 6) is -0.168. The van der Waals surface area contributed by atoms with Crippen molar-refractivity contribution in [2.24, 2.45) is 0 Å². The third-order valence-corrected chi connectivity index (χ3v) is 4.81. The molecule has 0 saturated heterocycles. The van der Waals surface area contributed by atoms with Gasteiger partial charge >= 0.3 is 5.97 Å². The summed E-state index contributed by atoms with van der Waals surface area (Å²) < 4.78 is 1.92. The lowest BCUT2D eigenvalue weighted by atomic mass is 10.0. The van der Waals surface area contributed by atoms with Gasteiger partial charge in [-0.2, -0.15) is 10.4 Å². The summed E-state index contributed by atoms with van der Waals surface area (Å²) >= 11 is 0. The summed E-state index contributed by atoms with van der Waals surface area (Å²) in [6.07, 6.45) is 5.05. The van der Waals surface area contributed by atoms with Crippen LogP contribution in [0.2, 0.25) is 0 Å². The molecule has 4 rings (SSSR count). The number of nitrogens with zero attached hydrogens (tertiary/aromatic N) is 4. The van der Waals surface area contributed by atoms with Crippen LogP contribution in [0.1, 0.15) is 33.9 Å². The minimum atomic E-state index is -0.994. The van der Waals surface area contributed by atoms with Crippen LogP contribution in [-0.4, -0.2) is 36.9 Å². The van der Waals surface area contributed by atoms with Crippen LogP contribution in [-0.2, 0) is 19.5 Å². The lowest BCUT2D eigenvalue weighted by molar-refractivity contribution is 0.0691. The first-order valence-corrected chi connectivity index (χ1v) is 8.69. The molecule has 0 saturated carbocycles. The highest BCUT2D eigenvalue weighted by molar-refractivity contribution is 5.85. The Morgan fingerprint density at radius 2 is 2.22 bits per heavy atom. The first kappa shape index (κ1) is 17.0. The predicted octanol–water partition coefficient (Wildman–Crippen LogP) is 1.95. The highest BCUT2D eigenvalue weighted by atomic mass is 16.4. The zero-order chi connectivity index (χ0) is 18.8. The lowest BCUT2D eigenvalue weighted by Gasteiger charge is -2.24. The zero-order valence-electron chi connectivity index (χ0n) is 14.5. The van der Waals surface area contributed by atoms with Crippen molar-refractivity contribution in [3.05, 3.63) is 59.3 Å². The zero-order valence-corrected chi connectivity index (χ0v) is 14.5. The fourth-order valence-corrected chi connectivity index (χ4v) is 3.37. The van der Waals surface area contributed by atoms with Crippen molar-refractivity contribution in [2.45, 2.75) is 32.0 Å². The standard InChI is InChI=1S/C19H18N6O2/c20-7-12-1-3-13(4-2-12)18-14(9-22-24-18)8-21-15-5-6-17-23-16(19(26)27)11-25(17)10-15/h1-4,9,11,15,21H,5-6,8,10H2,(H,22,24)(H,26,27). The molecular formula is C19H18N6O2. The molecule has 136 valence electrons. The van der Waals surface area contributed by atoms with Gasteiger partial charge in [0.15, 0.2) is 5.69 Å². The number of carbonyl (C=O) groups is 1. The van der Waals surface area contributed by atoms with Crippen molar-refractivity contribution in [3.63, 3.8) is 0 Å². The number of aromatic nitrogens is 4. The quantitative estimate of drug-likeness (QED) is 0.638. The summed E-state index contributed by atoms with van der Waals surface area (Å²) in [5.41, 5.74) is 3.68. The molecule has 27 heavy (non-hydrogen) atoms. The fraction of sp³-hybridized carbons (Fsp3) is 0.263. The highest BCUT2D eigenvalue weighted by Crippen LogP contribution is 2.22. The maximum absolute atomic E-state index is 11.1. The van der Waals surface area contributed by atoms with E-state index in [1.807, 2.05) is 16.7 Å². The number of carboxylic acid groups (broad SMARTS) is 1. The Balaban J connectivity index is 1.43. The van der Waals surface area contributed by atoms with Gasteiger partial charge in [-0.15, -0.1) is 0 Å². The monoisotopic (exact) mass is 362 g/mol. The Bertz CT molecular complexity index is 1010. The molecule has 1 aliphatic rings. The number of aryl methyl sites for hydroxylation is 1. The number of H-pyrrole nitrogens is 1. The number of carboxylic acids is 1. The molecule has 1 aromatic carbocycles. The van der Waals surface area contributed by atoms with Crippen LogP contribution in [0.4, 0.5) is 0 Å². The minimum Gasteiger partial charge on any atom is -0.476 e. The van der Waals surface area contributed by atoms with Crippen LogP contribution in [0, 0.1) is 11.3 Å². The van der Waals surface area contributed by atoms with Gasteiger partial charge in [-0.25, -0.2) is 9.78 Å². The molecule has 0 bridgehead atoms. The van der Waals surface area contributed by atoms with Crippen molar-refractivity contribution in [1.29, 1.82) is 5.26 Å². The van der Waals surface area contributed by atoms with E-state index in [-0.39, 0.29) is 11.7 Å². The second-order valence-corrected chi connectivity index (χ2v) is 6.58. The van der Waals surface area contributed by atoms with Gasteiger partial charge in [0.05, 0.1) is 23.5 Å². The first-order chi connectivity index (χ1) is 13.1. The first-order valence-electron chi connectivity index (χ1n) is 8.69. The number of aromatic amines is 1. The molecule has 3 N–H and O–H groups in total. The Kier molecular flexibility index (Phi) is 4.44. The molecular weight excluding hydrogens is 344 g/mol. The molecule has 3 aromatic rings. The van der Waals surface area contributed by atoms with Crippen molar-refractivity contribution < 1.29 is 9.90 Å². The number of benzene rings is 1. The van der Waals surface area contributed by atoms with Gasteiger partial charge in [-0.1, -0.05) is 12.1 Å². The molecule has 0 aliphatic carbocycles. The fourth-order valence-electron chi connectivity index (χ4n) is 3.37. The van der Waals surface area contributed by atoms with Crippen LogP contribution >= 0.6 is 0 Å². The number of nitrogens with one attached hydrogen (secondary N) is 2. The van der Waals surface area contributed by atoms with E-state index in [0.717, 1.165) is 35.5 Å². The third kappa shape index (κ3) is 3.45. The molecule has 2 aromatic heterocycles. The molecule has 1 unspecified atom stereocenters. The van der Waals surface area contributed by atoms with E-state index in [2.05, 4.69) is 26.6 Å². The van der Waals surface area contributed by atoms with E-state index < -0.39 is 5.97 Å². The van der Waals surface area contributed by atoms with Gasteiger partial charge < -0.3 is 15.0 Å². The number of aromatic carboxylic acids is 1. The topological polar surface area (TPSA) is 120 Å². The van der Waals surface area contributed by atoms with E-state index in [9.17, 15) is 4.79 Å². The Labute approximate surface area is 155 Å². The summed E-state index contributed by atoms with van der Waals surface area (Å²) in [5, 5.41) is 28.7. The summed E-state index contributed by atoms with van der Waals surface area (Å²) in [7, 11) is 0. The largest absolute Gasteiger partial charge is 0.476 e. The molecule has 8 nitrogen and oxygen atoms in total. The second kappa shape index (κ2) is 7.05. The molecule has 1 aliphatic heterocycles. The molecule has 0 amide bonds. The normalized spacial score (nSPS) is 15.9. The van der Waals surface area contributed by atoms with Crippen LogP contribution < -0.4 is 5.32 Å². The number of hydrogen-bond acceptors (Lipinski definition) is 5. The smallest absolute Gasteiger partial charge is 0.356 e. The Morgan fingerprint density at radius 1 is 1.41 bits per heavy atom. The third-order valence-electron chi connectivity index (χ3n) is 4.81. The van der Waals surface area contributed by atoms with Crippen LogP contribution in [0.15, 0.2) is 36.7 Å². The van der Waals surface area contributed by atoms with Gasteiger partial charge in [0.2, 0.25) is 0 Å². The number of hydrogen-bond donors (Lipinski definition) is 3.